The Labute approximate surface area is 183 Å². The van der Waals surface area contributed by atoms with Gasteiger partial charge in [0.2, 0.25) is 5.91 Å². The quantitative estimate of drug-likeness (QED) is 0.407. The first-order chi connectivity index (χ1) is 15.1. The van der Waals surface area contributed by atoms with Gasteiger partial charge < -0.3 is 5.32 Å². The number of nitrogens with one attached hydrogen (secondary N) is 2. The van der Waals surface area contributed by atoms with Crippen LogP contribution in [-0.4, -0.2) is 17.5 Å². The minimum absolute atomic E-state index is 0.0969. The Balaban J connectivity index is 1.67. The van der Waals surface area contributed by atoms with E-state index >= 15 is 0 Å². The molecule has 0 radical (unpaired) electrons. The van der Waals surface area contributed by atoms with E-state index in [4.69, 9.17) is 0 Å². The first-order valence-corrected chi connectivity index (χ1v) is 10.4. The van der Waals surface area contributed by atoms with Gasteiger partial charge in [0.15, 0.2) is 0 Å². The van der Waals surface area contributed by atoms with E-state index in [1.165, 1.54) is 0 Å². The van der Waals surface area contributed by atoms with Gasteiger partial charge in [0, 0.05) is 11.4 Å². The second-order valence-electron chi connectivity index (χ2n) is 7.31. The highest BCUT2D eigenvalue weighted by atomic mass is 16.2. The molecule has 3 aromatic carbocycles. The van der Waals surface area contributed by atoms with E-state index < -0.39 is 5.92 Å². The Morgan fingerprint density at radius 1 is 0.839 bits per heavy atom. The summed E-state index contributed by atoms with van der Waals surface area (Å²) in [4.78, 5) is 25.4. The van der Waals surface area contributed by atoms with Crippen LogP contribution in [0.5, 0.6) is 0 Å². The maximum atomic E-state index is 13.0. The van der Waals surface area contributed by atoms with Crippen molar-refractivity contribution in [1.82, 2.24) is 5.43 Å². The van der Waals surface area contributed by atoms with Gasteiger partial charge in [0.25, 0.3) is 5.91 Å². The van der Waals surface area contributed by atoms with Crippen molar-refractivity contribution in [3.05, 3.63) is 102 Å². The van der Waals surface area contributed by atoms with E-state index in [0.717, 1.165) is 28.8 Å². The second kappa shape index (κ2) is 10.9. The molecule has 0 heterocycles. The molecule has 0 aromatic heterocycles. The zero-order valence-corrected chi connectivity index (χ0v) is 17.8. The number of aryl methyl sites for hydroxylation is 1. The number of para-hydroxylation sites is 1. The van der Waals surface area contributed by atoms with Crippen molar-refractivity contribution < 1.29 is 9.59 Å². The molecule has 0 fully saturated rings. The Morgan fingerprint density at radius 2 is 1.39 bits per heavy atom. The zero-order valence-electron chi connectivity index (χ0n) is 17.8. The molecule has 0 unspecified atom stereocenters. The number of carbonyl (C=O) groups is 2. The molecule has 0 saturated heterocycles. The summed E-state index contributed by atoms with van der Waals surface area (Å²) in [7, 11) is 0. The maximum Gasteiger partial charge on any atom is 0.252 e. The van der Waals surface area contributed by atoms with E-state index in [1.807, 2.05) is 91.9 Å². The summed E-state index contributed by atoms with van der Waals surface area (Å²) >= 11 is 0. The molecule has 0 saturated carbocycles. The number of hydrazone groups is 1. The molecular formula is C26H27N3O2. The Bertz CT molecular complexity index is 1010. The van der Waals surface area contributed by atoms with Crippen LogP contribution in [0, 0.1) is 0 Å². The minimum atomic E-state index is -0.482. The third kappa shape index (κ3) is 6.12. The lowest BCUT2D eigenvalue weighted by Crippen LogP contribution is -2.27. The van der Waals surface area contributed by atoms with Gasteiger partial charge in [-0.3, -0.25) is 9.59 Å². The molecule has 0 spiro atoms. The lowest BCUT2D eigenvalue weighted by atomic mass is 9.91. The van der Waals surface area contributed by atoms with Crippen LogP contribution >= 0.6 is 0 Å². The monoisotopic (exact) mass is 413 g/mol. The van der Waals surface area contributed by atoms with Crippen LogP contribution in [0.1, 0.15) is 42.9 Å². The number of hydrogen-bond acceptors (Lipinski definition) is 3. The van der Waals surface area contributed by atoms with Crippen LogP contribution in [0.15, 0.2) is 90.0 Å². The predicted molar refractivity (Wildman–Crippen MR) is 125 cm³/mol. The summed E-state index contributed by atoms with van der Waals surface area (Å²) in [6.45, 7) is 3.77. The van der Waals surface area contributed by atoms with Gasteiger partial charge in [-0.25, -0.2) is 5.43 Å². The van der Waals surface area contributed by atoms with Crippen LogP contribution in [0.2, 0.25) is 0 Å². The summed E-state index contributed by atoms with van der Waals surface area (Å²) < 4.78 is 0. The molecular weight excluding hydrogens is 386 g/mol. The van der Waals surface area contributed by atoms with E-state index in [-0.39, 0.29) is 18.2 Å². The molecule has 3 rings (SSSR count). The molecule has 3 aromatic rings. The summed E-state index contributed by atoms with van der Waals surface area (Å²) in [6, 6.07) is 26.9. The largest absolute Gasteiger partial charge is 0.326 e. The van der Waals surface area contributed by atoms with Crippen molar-refractivity contribution in [2.75, 3.05) is 5.32 Å². The number of nitrogens with zero attached hydrogens (tertiary/aromatic N) is 1. The molecule has 2 N–H and O–H groups in total. The molecule has 0 aliphatic carbocycles. The number of hydrogen-bond donors (Lipinski definition) is 2. The van der Waals surface area contributed by atoms with Gasteiger partial charge in [0.05, 0.1) is 12.3 Å². The van der Waals surface area contributed by atoms with Crippen molar-refractivity contribution >= 4 is 23.2 Å². The fourth-order valence-electron chi connectivity index (χ4n) is 3.42. The number of rotatable bonds is 8. The molecule has 0 atom stereocenters. The van der Waals surface area contributed by atoms with Gasteiger partial charge in [-0.05, 0) is 36.1 Å². The van der Waals surface area contributed by atoms with Crippen molar-refractivity contribution in [1.29, 1.82) is 0 Å². The van der Waals surface area contributed by atoms with E-state index in [2.05, 4.69) is 15.8 Å². The summed E-state index contributed by atoms with van der Waals surface area (Å²) in [6.07, 6.45) is 0.930. The normalized spacial score (nSPS) is 11.3. The SMILES string of the molecule is CCc1ccccc1NC(=O)C/C(C)=N/NC(=O)C(c1ccccc1)c1ccccc1. The standard InChI is InChI=1S/C26H27N3O2/c1-3-20-12-10-11-17-23(20)27-24(30)18-19(2)28-29-26(31)25(21-13-6-4-7-14-21)22-15-8-5-9-16-22/h4-17,25H,3,18H2,1-2H3,(H,27,30)(H,29,31)/b28-19+. The van der Waals surface area contributed by atoms with E-state index in [9.17, 15) is 9.59 Å². The second-order valence-corrected chi connectivity index (χ2v) is 7.31. The topological polar surface area (TPSA) is 70.6 Å². The van der Waals surface area contributed by atoms with Crippen LogP contribution in [0.3, 0.4) is 0 Å². The average Bonchev–Trinajstić information content (AvgIpc) is 2.79. The predicted octanol–water partition coefficient (Wildman–Crippen LogP) is 4.90. The zero-order chi connectivity index (χ0) is 22.1. The molecule has 0 bridgehead atoms. The van der Waals surface area contributed by atoms with Gasteiger partial charge in [0.1, 0.15) is 0 Å². The molecule has 158 valence electrons. The fraction of sp³-hybridized carbons (Fsp3) is 0.192. The third-order valence-corrected chi connectivity index (χ3v) is 4.97. The molecule has 0 aliphatic heterocycles. The highest BCUT2D eigenvalue weighted by Gasteiger charge is 2.22. The number of amides is 2. The fourth-order valence-corrected chi connectivity index (χ4v) is 3.42. The van der Waals surface area contributed by atoms with Crippen molar-refractivity contribution in [2.24, 2.45) is 5.10 Å². The lowest BCUT2D eigenvalue weighted by Gasteiger charge is -2.16. The lowest BCUT2D eigenvalue weighted by molar-refractivity contribution is -0.121. The number of benzene rings is 3. The average molecular weight is 414 g/mol. The van der Waals surface area contributed by atoms with Crippen molar-refractivity contribution in [3.8, 4) is 0 Å². The Kier molecular flexibility index (Phi) is 7.71. The van der Waals surface area contributed by atoms with Crippen molar-refractivity contribution in [3.63, 3.8) is 0 Å². The first-order valence-electron chi connectivity index (χ1n) is 10.4. The van der Waals surface area contributed by atoms with Crippen molar-refractivity contribution in [2.45, 2.75) is 32.6 Å². The van der Waals surface area contributed by atoms with Crippen LogP contribution in [-0.2, 0) is 16.0 Å². The van der Waals surface area contributed by atoms with Crippen LogP contribution < -0.4 is 10.7 Å². The van der Waals surface area contributed by atoms with Gasteiger partial charge in [-0.1, -0.05) is 85.8 Å². The highest BCUT2D eigenvalue weighted by Crippen LogP contribution is 2.24. The number of anilines is 1. The summed E-state index contributed by atoms with van der Waals surface area (Å²) in [5.74, 6) is -0.892. The maximum absolute atomic E-state index is 13.0. The Morgan fingerprint density at radius 3 is 1.97 bits per heavy atom. The first kappa shape index (κ1) is 22.0. The van der Waals surface area contributed by atoms with E-state index in [1.54, 1.807) is 6.92 Å². The highest BCUT2D eigenvalue weighted by molar-refractivity contribution is 6.06. The van der Waals surface area contributed by atoms with Gasteiger partial charge >= 0.3 is 0 Å². The smallest absolute Gasteiger partial charge is 0.252 e. The van der Waals surface area contributed by atoms with E-state index in [0.29, 0.717) is 5.71 Å². The van der Waals surface area contributed by atoms with Crippen LogP contribution in [0.25, 0.3) is 0 Å². The third-order valence-electron chi connectivity index (χ3n) is 4.97. The summed E-state index contributed by atoms with van der Waals surface area (Å²) in [5, 5.41) is 7.10. The summed E-state index contributed by atoms with van der Waals surface area (Å²) in [5.41, 5.74) is 6.81. The minimum Gasteiger partial charge on any atom is -0.326 e. The molecule has 2 amide bonds. The Hall–Kier alpha value is -3.73. The molecule has 5 heteroatoms. The van der Waals surface area contributed by atoms with Crippen LogP contribution in [0.4, 0.5) is 5.69 Å². The number of carbonyl (C=O) groups excluding carboxylic acids is 2. The van der Waals surface area contributed by atoms with Gasteiger partial charge in [-0.15, -0.1) is 0 Å². The van der Waals surface area contributed by atoms with Gasteiger partial charge in [-0.2, -0.15) is 5.10 Å². The molecule has 5 nitrogen and oxygen atoms in total. The molecule has 31 heavy (non-hydrogen) atoms. The molecule has 0 aliphatic rings.